The first-order valence-electron chi connectivity index (χ1n) is 9.61. The van der Waals surface area contributed by atoms with Crippen LogP contribution in [0.15, 0.2) is 109 Å². The number of rotatable bonds is 4. The molecule has 0 fully saturated rings. The minimum Gasteiger partial charge on any atom is -0.259 e. The van der Waals surface area contributed by atoms with E-state index >= 15 is 0 Å². The van der Waals surface area contributed by atoms with Gasteiger partial charge in [0.1, 0.15) is 0 Å². The molecule has 0 aliphatic heterocycles. The smallest absolute Gasteiger partial charge is 0.181 e. The molecule has 0 amide bonds. The Morgan fingerprint density at radius 2 is 0.897 bits per heavy atom. The Bertz CT molecular complexity index is 1170. The third kappa shape index (κ3) is 3.58. The Morgan fingerprint density at radius 3 is 1.41 bits per heavy atom. The molecule has 1 N–H and O–H groups in total. The van der Waals surface area contributed by atoms with E-state index in [1.165, 1.54) is 11.1 Å². The average Bonchev–Trinajstić information content (AvgIpc) is 3.31. The summed E-state index contributed by atoms with van der Waals surface area (Å²) in [4.78, 5) is 4.75. The second kappa shape index (κ2) is 7.56. The van der Waals surface area contributed by atoms with Crippen molar-refractivity contribution in [2.75, 3.05) is 0 Å². The van der Waals surface area contributed by atoms with Crippen LogP contribution >= 0.6 is 0 Å². The quantitative estimate of drug-likeness (QED) is 0.392. The van der Waals surface area contributed by atoms with E-state index < -0.39 is 0 Å². The molecule has 0 saturated heterocycles. The van der Waals surface area contributed by atoms with E-state index in [-0.39, 0.29) is 0 Å². The van der Waals surface area contributed by atoms with Gasteiger partial charge >= 0.3 is 0 Å². The van der Waals surface area contributed by atoms with E-state index in [0.29, 0.717) is 5.82 Å². The molecule has 0 bridgehead atoms. The van der Waals surface area contributed by atoms with Crippen LogP contribution in [0.2, 0.25) is 0 Å². The van der Waals surface area contributed by atoms with Gasteiger partial charge in [-0.05, 0) is 40.5 Å². The molecule has 0 saturated carbocycles. The van der Waals surface area contributed by atoms with Gasteiger partial charge in [-0.15, -0.1) is 0 Å². The van der Waals surface area contributed by atoms with Gasteiger partial charge in [-0.2, -0.15) is 5.10 Å². The Balaban J connectivity index is 1.64. The van der Waals surface area contributed by atoms with E-state index in [1.807, 2.05) is 42.5 Å². The third-order valence-corrected chi connectivity index (χ3v) is 4.94. The van der Waals surface area contributed by atoms with Crippen molar-refractivity contribution in [3.05, 3.63) is 109 Å². The first-order valence-corrected chi connectivity index (χ1v) is 9.61. The van der Waals surface area contributed by atoms with Gasteiger partial charge in [-0.3, -0.25) is 5.10 Å². The fourth-order valence-corrected chi connectivity index (χ4v) is 3.47. The lowest BCUT2D eigenvalue weighted by Gasteiger charge is -2.09. The molecule has 0 aliphatic rings. The number of benzene rings is 4. The maximum Gasteiger partial charge on any atom is 0.181 e. The highest BCUT2D eigenvalue weighted by Crippen LogP contribution is 2.32. The number of nitrogens with zero attached hydrogens (tertiary/aromatic N) is 2. The largest absolute Gasteiger partial charge is 0.259 e. The van der Waals surface area contributed by atoms with Crippen LogP contribution in [0.3, 0.4) is 0 Å². The number of hydrogen-bond donors (Lipinski definition) is 1. The second-order valence-electron chi connectivity index (χ2n) is 6.90. The molecular weight excluding hydrogens is 354 g/mol. The van der Waals surface area contributed by atoms with Gasteiger partial charge in [0, 0.05) is 11.1 Å². The molecule has 0 atom stereocenters. The van der Waals surface area contributed by atoms with Crippen LogP contribution < -0.4 is 0 Å². The highest BCUT2D eigenvalue weighted by atomic mass is 15.2. The van der Waals surface area contributed by atoms with Crippen molar-refractivity contribution in [1.82, 2.24) is 15.2 Å². The summed E-state index contributed by atoms with van der Waals surface area (Å²) in [6.45, 7) is 0. The fraction of sp³-hybridized carbons (Fsp3) is 0. The molecule has 0 aliphatic carbocycles. The molecule has 5 aromatic rings. The highest BCUT2D eigenvalue weighted by Gasteiger charge is 2.11. The van der Waals surface area contributed by atoms with Gasteiger partial charge < -0.3 is 0 Å². The van der Waals surface area contributed by atoms with E-state index in [2.05, 4.69) is 76.9 Å². The molecule has 29 heavy (non-hydrogen) atoms. The van der Waals surface area contributed by atoms with Crippen LogP contribution in [0, 0.1) is 0 Å². The van der Waals surface area contributed by atoms with E-state index in [9.17, 15) is 0 Å². The van der Waals surface area contributed by atoms with E-state index in [1.54, 1.807) is 0 Å². The Hall–Kier alpha value is -3.98. The zero-order valence-corrected chi connectivity index (χ0v) is 15.8. The lowest BCUT2D eigenvalue weighted by atomic mass is 9.96. The lowest BCUT2D eigenvalue weighted by molar-refractivity contribution is 1.10. The number of nitrogens with one attached hydrogen (secondary N) is 1. The molecule has 5 rings (SSSR count). The molecule has 0 unspecified atom stereocenters. The summed E-state index contributed by atoms with van der Waals surface area (Å²) in [5, 5.41) is 7.55. The van der Waals surface area contributed by atoms with E-state index in [0.717, 1.165) is 28.1 Å². The van der Waals surface area contributed by atoms with E-state index in [4.69, 9.17) is 4.98 Å². The third-order valence-electron chi connectivity index (χ3n) is 4.94. The molecule has 0 spiro atoms. The minimum atomic E-state index is 0.701. The van der Waals surface area contributed by atoms with Crippen LogP contribution in [-0.4, -0.2) is 15.2 Å². The van der Waals surface area contributed by atoms with Crippen LogP contribution in [-0.2, 0) is 0 Å². The maximum atomic E-state index is 4.75. The van der Waals surface area contributed by atoms with Gasteiger partial charge in [0.05, 0.1) is 0 Å². The molecule has 3 nitrogen and oxygen atoms in total. The zero-order valence-electron chi connectivity index (χ0n) is 15.8. The summed E-state index contributed by atoms with van der Waals surface area (Å²) in [6, 6.07) is 37.4. The van der Waals surface area contributed by atoms with Crippen LogP contribution in [0.25, 0.3) is 45.0 Å². The topological polar surface area (TPSA) is 41.6 Å². The second-order valence-corrected chi connectivity index (χ2v) is 6.90. The normalized spacial score (nSPS) is 10.8. The summed E-state index contributed by atoms with van der Waals surface area (Å²) in [6.07, 6.45) is 0. The number of hydrogen-bond acceptors (Lipinski definition) is 2. The average molecular weight is 373 g/mol. The predicted octanol–water partition coefficient (Wildman–Crippen LogP) is 6.47. The van der Waals surface area contributed by atoms with Crippen molar-refractivity contribution >= 4 is 0 Å². The zero-order chi connectivity index (χ0) is 19.5. The summed E-state index contributed by atoms with van der Waals surface area (Å²) < 4.78 is 0. The maximum absolute atomic E-state index is 4.75. The molecule has 138 valence electrons. The summed E-state index contributed by atoms with van der Waals surface area (Å²) >= 11 is 0. The van der Waals surface area contributed by atoms with Crippen LogP contribution in [0.1, 0.15) is 0 Å². The number of H-pyrrole nitrogens is 1. The summed E-state index contributed by atoms with van der Waals surface area (Å²) in [7, 11) is 0. The lowest BCUT2D eigenvalue weighted by Crippen LogP contribution is -1.87. The number of aromatic amines is 1. The summed E-state index contributed by atoms with van der Waals surface area (Å²) in [5.74, 6) is 1.46. The monoisotopic (exact) mass is 373 g/mol. The van der Waals surface area contributed by atoms with Crippen molar-refractivity contribution in [3.63, 3.8) is 0 Å². The molecule has 0 radical (unpaired) electrons. The predicted molar refractivity (Wildman–Crippen MR) is 118 cm³/mol. The molecule has 1 heterocycles. The van der Waals surface area contributed by atoms with Gasteiger partial charge in [-0.25, -0.2) is 4.98 Å². The first kappa shape index (κ1) is 17.1. The van der Waals surface area contributed by atoms with Crippen LogP contribution in [0.4, 0.5) is 0 Å². The molecular formula is C26H19N3. The molecule has 4 aromatic carbocycles. The van der Waals surface area contributed by atoms with Crippen molar-refractivity contribution < 1.29 is 0 Å². The Labute approximate surface area is 169 Å². The SMILES string of the molecule is c1ccc(-c2cc(-c3ccccc3)cc(-c3nc(-c4ccccc4)n[nH]3)c2)cc1. The van der Waals surface area contributed by atoms with Gasteiger partial charge in [-0.1, -0.05) is 91.0 Å². The Morgan fingerprint density at radius 1 is 0.448 bits per heavy atom. The minimum absolute atomic E-state index is 0.701. The van der Waals surface area contributed by atoms with Crippen molar-refractivity contribution in [2.45, 2.75) is 0 Å². The molecule has 1 aromatic heterocycles. The number of aromatic nitrogens is 3. The van der Waals surface area contributed by atoms with Crippen LogP contribution in [0.5, 0.6) is 0 Å². The van der Waals surface area contributed by atoms with Crippen molar-refractivity contribution in [3.8, 4) is 45.0 Å². The fourth-order valence-electron chi connectivity index (χ4n) is 3.47. The van der Waals surface area contributed by atoms with Gasteiger partial charge in [0.15, 0.2) is 11.6 Å². The molecule has 3 heteroatoms. The summed E-state index contributed by atoms with van der Waals surface area (Å²) in [5.41, 5.74) is 6.67. The Kier molecular flexibility index (Phi) is 4.47. The van der Waals surface area contributed by atoms with Crippen molar-refractivity contribution in [2.24, 2.45) is 0 Å². The standard InChI is InChI=1S/C26H19N3/c1-4-10-19(11-5-1)22-16-23(20-12-6-2-7-13-20)18-24(17-22)26-27-25(28-29-26)21-14-8-3-9-15-21/h1-18H,(H,27,28,29). The van der Waals surface area contributed by atoms with Gasteiger partial charge in [0.25, 0.3) is 0 Å². The first-order chi connectivity index (χ1) is 14.4. The van der Waals surface area contributed by atoms with Crippen molar-refractivity contribution in [1.29, 1.82) is 0 Å². The van der Waals surface area contributed by atoms with Gasteiger partial charge in [0.2, 0.25) is 0 Å². The highest BCUT2D eigenvalue weighted by molar-refractivity contribution is 5.79.